The molecule has 0 aliphatic carbocycles. The highest BCUT2D eigenvalue weighted by Gasteiger charge is 2.35. The van der Waals surface area contributed by atoms with E-state index in [1.165, 1.54) is 0 Å². The monoisotopic (exact) mass is 652 g/mol. The Morgan fingerprint density at radius 3 is 1.08 bits per heavy atom. The van der Waals surface area contributed by atoms with E-state index in [4.69, 9.17) is 9.05 Å². The molecule has 49 heavy (non-hydrogen) atoms. The second kappa shape index (κ2) is 11.6. The average Bonchev–Trinajstić information content (AvgIpc) is 3.27. The summed E-state index contributed by atoms with van der Waals surface area (Å²) in [6.45, 7) is 0. The van der Waals surface area contributed by atoms with Crippen molar-refractivity contribution < 1.29 is 18.5 Å². The maximum absolute atomic E-state index is 13.7. The summed E-state index contributed by atoms with van der Waals surface area (Å²) in [6.07, 6.45) is 0. The lowest BCUT2D eigenvalue weighted by atomic mass is 9.85. The molecule has 0 saturated carbocycles. The quantitative estimate of drug-likeness (QED) is 0.192. The van der Waals surface area contributed by atoms with Crippen molar-refractivity contribution in [2.45, 2.75) is 0 Å². The van der Waals surface area contributed by atoms with E-state index in [-0.39, 0.29) is 0 Å². The summed E-state index contributed by atoms with van der Waals surface area (Å²) >= 11 is 0. The molecular weight excluding hydrogens is 623 g/mol. The van der Waals surface area contributed by atoms with Crippen molar-refractivity contribution in [2.24, 2.45) is 0 Å². The predicted octanol–water partition coefficient (Wildman–Crippen LogP) is 12.2. The van der Waals surface area contributed by atoms with Gasteiger partial charge in [0.05, 0.1) is 0 Å². The molecule has 1 heterocycles. The Morgan fingerprint density at radius 1 is 0.367 bits per heavy atom. The first-order valence-electron chi connectivity index (χ1n) is 16.2. The Balaban J connectivity index is 1.41. The number of benzene rings is 8. The zero-order chi connectivity index (χ0) is 33.0. The maximum atomic E-state index is 13.7. The molecule has 0 spiro atoms. The third kappa shape index (κ3) is 5.19. The lowest BCUT2D eigenvalue weighted by Crippen LogP contribution is -1.98. The molecule has 9 rings (SSSR count). The highest BCUT2D eigenvalue weighted by molar-refractivity contribution is 7.48. The van der Waals surface area contributed by atoms with Gasteiger partial charge >= 0.3 is 7.82 Å². The second-order valence-electron chi connectivity index (χ2n) is 12.2. The number of phosphoric ester groups is 1. The highest BCUT2D eigenvalue weighted by atomic mass is 31.2. The van der Waals surface area contributed by atoms with E-state index >= 15 is 0 Å². The third-order valence-electron chi connectivity index (χ3n) is 9.26. The van der Waals surface area contributed by atoms with Crippen LogP contribution in [0, 0.1) is 0 Å². The van der Waals surface area contributed by atoms with Gasteiger partial charge in [0, 0.05) is 11.1 Å². The van der Waals surface area contributed by atoms with Crippen LogP contribution in [0.15, 0.2) is 170 Å². The van der Waals surface area contributed by atoms with Gasteiger partial charge in [0.25, 0.3) is 0 Å². The van der Waals surface area contributed by atoms with Crippen molar-refractivity contribution in [1.29, 1.82) is 0 Å². The van der Waals surface area contributed by atoms with Gasteiger partial charge in [-0.3, -0.25) is 4.89 Å². The van der Waals surface area contributed by atoms with E-state index in [1.54, 1.807) is 0 Å². The highest BCUT2D eigenvalue weighted by Crippen LogP contribution is 2.59. The zero-order valence-corrected chi connectivity index (χ0v) is 27.2. The fraction of sp³-hybridized carbons (Fsp3) is 0. The minimum absolute atomic E-state index is 0.296. The van der Waals surface area contributed by atoms with Crippen LogP contribution in [0.25, 0.3) is 77.2 Å². The predicted molar refractivity (Wildman–Crippen MR) is 200 cm³/mol. The van der Waals surface area contributed by atoms with Crippen LogP contribution < -0.4 is 9.05 Å². The van der Waals surface area contributed by atoms with Crippen LogP contribution in [0.1, 0.15) is 0 Å². The van der Waals surface area contributed by atoms with Crippen molar-refractivity contribution in [3.63, 3.8) is 0 Å². The topological polar surface area (TPSA) is 55.8 Å². The molecule has 0 radical (unpaired) electrons. The third-order valence-corrected chi connectivity index (χ3v) is 10.1. The average molecular weight is 653 g/mol. The maximum Gasteiger partial charge on any atom is 0.584 e. The van der Waals surface area contributed by atoms with Crippen LogP contribution >= 0.6 is 7.82 Å². The second-order valence-corrected chi connectivity index (χ2v) is 13.5. The molecule has 1 aliphatic rings. The normalized spacial score (nSPS) is 13.2. The molecule has 8 aromatic carbocycles. The van der Waals surface area contributed by atoms with Gasteiger partial charge < -0.3 is 9.05 Å². The Kier molecular flexibility index (Phi) is 6.94. The summed E-state index contributed by atoms with van der Waals surface area (Å²) in [6, 6.07) is 57.3. The summed E-state index contributed by atoms with van der Waals surface area (Å²) in [7, 11) is -4.59. The number of hydrogen-bond acceptors (Lipinski definition) is 3. The first kappa shape index (κ1) is 29.2. The van der Waals surface area contributed by atoms with Crippen LogP contribution in [-0.2, 0) is 4.57 Å². The summed E-state index contributed by atoms with van der Waals surface area (Å²) in [5.41, 5.74) is 9.51. The molecule has 0 aromatic heterocycles. The van der Waals surface area contributed by atoms with Gasteiger partial charge in [-0.05, 0) is 90.3 Å². The number of phosphoric acid groups is 1. The SMILES string of the molecule is O=P1(O)Oc2cc(-c3ccccc3)c3cc(-c4ccccc4)ccc3c2-c2c(cc(-c3ccccc3)c3cc(-c4ccccc4)ccc23)O1. The van der Waals surface area contributed by atoms with E-state index < -0.39 is 7.82 Å². The molecule has 8 aromatic rings. The minimum atomic E-state index is -4.59. The fourth-order valence-electron chi connectivity index (χ4n) is 7.06. The zero-order valence-electron chi connectivity index (χ0n) is 26.3. The lowest BCUT2D eigenvalue weighted by Gasteiger charge is -2.19. The number of hydrogen-bond donors (Lipinski definition) is 1. The largest absolute Gasteiger partial charge is 0.584 e. The van der Waals surface area contributed by atoms with Crippen LogP contribution in [0.5, 0.6) is 11.5 Å². The van der Waals surface area contributed by atoms with Crippen molar-refractivity contribution in [1.82, 2.24) is 0 Å². The van der Waals surface area contributed by atoms with Gasteiger partial charge in [0.2, 0.25) is 0 Å². The van der Waals surface area contributed by atoms with Gasteiger partial charge in [-0.15, -0.1) is 0 Å². The van der Waals surface area contributed by atoms with Crippen LogP contribution in [0.3, 0.4) is 0 Å². The number of rotatable bonds is 4. The molecular formula is C44H29O4P. The molecule has 0 atom stereocenters. The molecule has 0 bridgehead atoms. The van der Waals surface area contributed by atoms with Crippen LogP contribution in [0.2, 0.25) is 0 Å². The molecule has 0 fully saturated rings. The van der Waals surface area contributed by atoms with E-state index in [9.17, 15) is 9.46 Å². The Hall–Kier alpha value is -5.93. The molecule has 0 unspecified atom stereocenters. The van der Waals surface area contributed by atoms with E-state index in [2.05, 4.69) is 60.7 Å². The molecule has 4 nitrogen and oxygen atoms in total. The van der Waals surface area contributed by atoms with Crippen molar-refractivity contribution in [3.05, 3.63) is 170 Å². The lowest BCUT2D eigenvalue weighted by molar-refractivity contribution is 0.294. The summed E-state index contributed by atoms with van der Waals surface area (Å²) in [5, 5.41) is 3.78. The first-order chi connectivity index (χ1) is 24.0. The van der Waals surface area contributed by atoms with Crippen molar-refractivity contribution in [3.8, 4) is 67.1 Å². The standard InChI is InChI=1S/C44H29O4P/c45-49(46)47-41-27-37(31-17-9-3-10-18-31)39-25-33(29-13-5-1-6-14-29)21-23-35(39)43(41)44-36-24-22-34(30-15-7-2-8-16-30)26-40(36)38(28-42(44)48-49)32-19-11-4-12-20-32/h1-28H,(H,45,46). The molecule has 0 saturated heterocycles. The van der Waals surface area contributed by atoms with Gasteiger partial charge in [0.1, 0.15) is 11.5 Å². The molecule has 1 N–H and O–H groups in total. The Morgan fingerprint density at radius 2 is 0.714 bits per heavy atom. The van der Waals surface area contributed by atoms with Gasteiger partial charge in [-0.2, -0.15) is 0 Å². The Bertz CT molecular complexity index is 2390. The van der Waals surface area contributed by atoms with E-state index in [0.29, 0.717) is 22.6 Å². The van der Waals surface area contributed by atoms with Crippen LogP contribution in [0.4, 0.5) is 0 Å². The van der Waals surface area contributed by atoms with Gasteiger partial charge in [-0.25, -0.2) is 4.57 Å². The minimum Gasteiger partial charge on any atom is -0.394 e. The molecule has 0 amide bonds. The van der Waals surface area contributed by atoms with E-state index in [1.807, 2.05) is 109 Å². The number of fused-ring (bicyclic) bond motifs is 7. The first-order valence-corrected chi connectivity index (χ1v) is 17.7. The molecule has 234 valence electrons. The molecule has 1 aliphatic heterocycles. The smallest absolute Gasteiger partial charge is 0.394 e. The van der Waals surface area contributed by atoms with E-state index in [0.717, 1.165) is 66.1 Å². The summed E-state index contributed by atoms with van der Waals surface area (Å²) in [4.78, 5) is 11.2. The Labute approximate surface area is 284 Å². The molecule has 5 heteroatoms. The summed E-state index contributed by atoms with van der Waals surface area (Å²) < 4.78 is 25.7. The van der Waals surface area contributed by atoms with Crippen molar-refractivity contribution >= 4 is 29.4 Å². The van der Waals surface area contributed by atoms with Gasteiger partial charge in [-0.1, -0.05) is 146 Å². The van der Waals surface area contributed by atoms with Crippen molar-refractivity contribution in [2.75, 3.05) is 0 Å². The van der Waals surface area contributed by atoms with Crippen LogP contribution in [-0.4, -0.2) is 4.89 Å². The van der Waals surface area contributed by atoms with Gasteiger partial charge in [0.15, 0.2) is 0 Å². The fourth-order valence-corrected chi connectivity index (χ4v) is 7.88. The summed E-state index contributed by atoms with van der Waals surface area (Å²) in [5.74, 6) is 0.591.